The minimum absolute atomic E-state index is 0.111. The van der Waals surface area contributed by atoms with Crippen molar-refractivity contribution >= 4 is 0 Å². The van der Waals surface area contributed by atoms with Gasteiger partial charge in [0, 0.05) is 26.1 Å². The van der Waals surface area contributed by atoms with Crippen molar-refractivity contribution in [2.24, 2.45) is 0 Å². The van der Waals surface area contributed by atoms with Crippen molar-refractivity contribution in [3.63, 3.8) is 0 Å². The van der Waals surface area contributed by atoms with E-state index in [9.17, 15) is 4.39 Å². The highest BCUT2D eigenvalue weighted by molar-refractivity contribution is 4.82. The van der Waals surface area contributed by atoms with Crippen molar-refractivity contribution < 1.29 is 13.9 Å². The first-order valence-corrected chi connectivity index (χ1v) is 3.76. The molecule has 2 nitrogen and oxygen atoms in total. The van der Waals surface area contributed by atoms with Crippen LogP contribution in [0.2, 0.25) is 0 Å². The molecule has 0 spiro atoms. The molecule has 1 saturated heterocycles. The summed E-state index contributed by atoms with van der Waals surface area (Å²) in [6.07, 6.45) is 2.14. The fraction of sp³-hybridized carbons (Fsp3) is 0.750. The minimum Gasteiger partial charge on any atom is -0.498 e. The Morgan fingerprint density at radius 2 is 2.18 bits per heavy atom. The molecule has 1 aliphatic heterocycles. The largest absolute Gasteiger partial charge is 0.498 e. The van der Waals surface area contributed by atoms with E-state index in [-0.39, 0.29) is 6.61 Å². The van der Waals surface area contributed by atoms with Gasteiger partial charge in [-0.15, -0.1) is 0 Å². The van der Waals surface area contributed by atoms with Crippen molar-refractivity contribution in [3.05, 3.63) is 12.8 Å². The molecule has 0 aromatic carbocycles. The molecule has 0 aromatic heterocycles. The summed E-state index contributed by atoms with van der Waals surface area (Å²) in [6.45, 7) is 4.46. The minimum atomic E-state index is -1.19. The molecule has 1 fully saturated rings. The van der Waals surface area contributed by atoms with Gasteiger partial charge in [0.15, 0.2) is 0 Å². The van der Waals surface area contributed by atoms with Crippen LogP contribution in [0.3, 0.4) is 0 Å². The second-order valence-electron chi connectivity index (χ2n) is 2.74. The van der Waals surface area contributed by atoms with Crippen LogP contribution in [0.4, 0.5) is 4.39 Å². The molecule has 1 heterocycles. The first-order valence-electron chi connectivity index (χ1n) is 3.76. The summed E-state index contributed by atoms with van der Waals surface area (Å²) in [6, 6.07) is 0. The quantitative estimate of drug-likeness (QED) is 0.584. The molecule has 0 unspecified atom stereocenters. The third-order valence-corrected chi connectivity index (χ3v) is 1.85. The molecule has 0 N–H and O–H groups in total. The first kappa shape index (κ1) is 8.53. The lowest BCUT2D eigenvalue weighted by atomic mass is 9.98. The number of halogens is 1. The Balaban J connectivity index is 2.30. The predicted molar refractivity (Wildman–Crippen MR) is 40.0 cm³/mol. The van der Waals surface area contributed by atoms with Gasteiger partial charge < -0.3 is 9.47 Å². The third-order valence-electron chi connectivity index (χ3n) is 1.85. The van der Waals surface area contributed by atoms with E-state index < -0.39 is 5.67 Å². The molecular weight excluding hydrogens is 147 g/mol. The second-order valence-corrected chi connectivity index (χ2v) is 2.74. The van der Waals surface area contributed by atoms with Gasteiger partial charge in [-0.2, -0.15) is 0 Å². The number of hydrogen-bond acceptors (Lipinski definition) is 2. The Hall–Kier alpha value is -0.570. The van der Waals surface area contributed by atoms with Gasteiger partial charge in [0.1, 0.15) is 12.3 Å². The lowest BCUT2D eigenvalue weighted by Gasteiger charge is -2.28. The fourth-order valence-corrected chi connectivity index (χ4v) is 1.09. The molecule has 0 saturated carbocycles. The topological polar surface area (TPSA) is 18.5 Å². The summed E-state index contributed by atoms with van der Waals surface area (Å²) in [4.78, 5) is 0. The van der Waals surface area contributed by atoms with Crippen LogP contribution in [0.5, 0.6) is 0 Å². The number of alkyl halides is 1. The van der Waals surface area contributed by atoms with E-state index in [1.54, 1.807) is 0 Å². The highest BCUT2D eigenvalue weighted by Crippen LogP contribution is 2.25. The van der Waals surface area contributed by atoms with Gasteiger partial charge in [-0.3, -0.25) is 0 Å². The molecule has 0 bridgehead atoms. The summed E-state index contributed by atoms with van der Waals surface area (Å²) in [5.41, 5.74) is -1.19. The van der Waals surface area contributed by atoms with Gasteiger partial charge in [0.2, 0.25) is 0 Å². The number of rotatable bonds is 3. The SMILES string of the molecule is C=COCC1(F)CCOCC1. The molecule has 0 aromatic rings. The molecule has 1 rings (SSSR count). The van der Waals surface area contributed by atoms with Gasteiger partial charge >= 0.3 is 0 Å². The average molecular weight is 160 g/mol. The van der Waals surface area contributed by atoms with Gasteiger partial charge in [-0.25, -0.2) is 4.39 Å². The van der Waals surface area contributed by atoms with Gasteiger partial charge in [-0.05, 0) is 0 Å². The van der Waals surface area contributed by atoms with Crippen LogP contribution >= 0.6 is 0 Å². The predicted octanol–water partition coefficient (Wildman–Crippen LogP) is 1.67. The van der Waals surface area contributed by atoms with Crippen LogP contribution < -0.4 is 0 Å². The summed E-state index contributed by atoms with van der Waals surface area (Å²) < 4.78 is 23.3. The Morgan fingerprint density at radius 3 is 2.73 bits per heavy atom. The van der Waals surface area contributed by atoms with Crippen LogP contribution in [0.15, 0.2) is 12.8 Å². The monoisotopic (exact) mass is 160 g/mol. The standard InChI is InChI=1S/C8H13FO2/c1-2-10-7-8(9)3-5-11-6-4-8/h2H,1,3-7H2. The molecule has 0 radical (unpaired) electrons. The van der Waals surface area contributed by atoms with E-state index >= 15 is 0 Å². The number of ether oxygens (including phenoxy) is 2. The summed E-state index contributed by atoms with van der Waals surface area (Å²) >= 11 is 0. The maximum atomic E-state index is 13.5. The molecule has 0 amide bonds. The zero-order chi connectivity index (χ0) is 8.16. The molecule has 1 aliphatic rings. The Bertz CT molecular complexity index is 130. The van der Waals surface area contributed by atoms with Crippen molar-refractivity contribution in [2.45, 2.75) is 18.5 Å². The van der Waals surface area contributed by atoms with Crippen molar-refractivity contribution in [3.8, 4) is 0 Å². The van der Waals surface area contributed by atoms with E-state index in [1.165, 1.54) is 6.26 Å². The maximum Gasteiger partial charge on any atom is 0.149 e. The van der Waals surface area contributed by atoms with E-state index in [0.717, 1.165) is 0 Å². The molecule has 64 valence electrons. The molecule has 0 atom stereocenters. The van der Waals surface area contributed by atoms with Gasteiger partial charge in [0.25, 0.3) is 0 Å². The molecule has 0 aliphatic carbocycles. The van der Waals surface area contributed by atoms with E-state index in [2.05, 4.69) is 6.58 Å². The van der Waals surface area contributed by atoms with Gasteiger partial charge in [-0.1, -0.05) is 6.58 Å². The van der Waals surface area contributed by atoms with Crippen LogP contribution in [-0.4, -0.2) is 25.5 Å². The third kappa shape index (κ3) is 2.50. The second kappa shape index (κ2) is 3.72. The Labute approximate surface area is 66.0 Å². The van der Waals surface area contributed by atoms with Crippen molar-refractivity contribution in [1.29, 1.82) is 0 Å². The van der Waals surface area contributed by atoms with Crippen LogP contribution in [0.25, 0.3) is 0 Å². The lowest BCUT2D eigenvalue weighted by Crippen LogP contribution is -2.35. The van der Waals surface area contributed by atoms with Crippen LogP contribution in [0, 0.1) is 0 Å². The highest BCUT2D eigenvalue weighted by Gasteiger charge is 2.32. The van der Waals surface area contributed by atoms with Crippen molar-refractivity contribution in [2.75, 3.05) is 19.8 Å². The van der Waals surface area contributed by atoms with Crippen LogP contribution in [0.1, 0.15) is 12.8 Å². The van der Waals surface area contributed by atoms with Crippen LogP contribution in [-0.2, 0) is 9.47 Å². The normalized spacial score (nSPS) is 22.6. The van der Waals surface area contributed by atoms with Gasteiger partial charge in [0.05, 0.1) is 6.26 Å². The van der Waals surface area contributed by atoms with Crippen molar-refractivity contribution in [1.82, 2.24) is 0 Å². The zero-order valence-corrected chi connectivity index (χ0v) is 6.51. The first-order chi connectivity index (χ1) is 5.27. The maximum absolute atomic E-state index is 13.5. The summed E-state index contributed by atoms with van der Waals surface area (Å²) in [7, 11) is 0. The molecule has 3 heteroatoms. The zero-order valence-electron chi connectivity index (χ0n) is 6.51. The molecular formula is C8H13FO2. The lowest BCUT2D eigenvalue weighted by molar-refractivity contribution is -0.0410. The smallest absolute Gasteiger partial charge is 0.149 e. The van der Waals surface area contributed by atoms with E-state index in [4.69, 9.17) is 9.47 Å². The fourth-order valence-electron chi connectivity index (χ4n) is 1.09. The van der Waals surface area contributed by atoms with E-state index in [1.807, 2.05) is 0 Å². The Kier molecular flexibility index (Phi) is 2.88. The summed E-state index contributed by atoms with van der Waals surface area (Å²) in [5.74, 6) is 0. The van der Waals surface area contributed by atoms with E-state index in [0.29, 0.717) is 26.1 Å². The highest BCUT2D eigenvalue weighted by atomic mass is 19.1. The molecule has 11 heavy (non-hydrogen) atoms. The summed E-state index contributed by atoms with van der Waals surface area (Å²) in [5, 5.41) is 0. The number of hydrogen-bond donors (Lipinski definition) is 0. The Morgan fingerprint density at radius 1 is 1.55 bits per heavy atom. The average Bonchev–Trinajstić information content (AvgIpc) is 2.03.